The van der Waals surface area contributed by atoms with Crippen LogP contribution in [0.15, 0.2) is 133 Å². The van der Waals surface area contributed by atoms with E-state index in [1.165, 1.54) is 76.1 Å². The molecule has 8 aromatic rings. The highest BCUT2D eigenvalue weighted by Gasteiger charge is 2.19. The fourth-order valence-electron chi connectivity index (χ4n) is 6.30. The van der Waals surface area contributed by atoms with Gasteiger partial charge in [-0.05, 0) is 82.2 Å². The van der Waals surface area contributed by atoms with E-state index in [1.54, 1.807) is 0 Å². The minimum absolute atomic E-state index is 1.26. The molecule has 0 heterocycles. The Balaban J connectivity index is 1.62. The summed E-state index contributed by atoms with van der Waals surface area (Å²) in [5, 5.41) is 13.1. The predicted octanol–water partition coefficient (Wildman–Crippen LogP) is 10.2. The van der Waals surface area contributed by atoms with Gasteiger partial charge in [-0.1, -0.05) is 127 Å². The van der Waals surface area contributed by atoms with Gasteiger partial charge >= 0.3 is 0 Å². The lowest BCUT2D eigenvalue weighted by atomic mass is 9.83. The van der Waals surface area contributed by atoms with Crippen LogP contribution >= 0.6 is 0 Å². The molecule has 0 aliphatic heterocycles. The Bertz CT molecular complexity index is 2020. The molecule has 36 heavy (non-hydrogen) atoms. The van der Waals surface area contributed by atoms with Crippen LogP contribution in [-0.4, -0.2) is 0 Å². The zero-order valence-electron chi connectivity index (χ0n) is 19.7. The second-order valence-electron chi connectivity index (χ2n) is 9.68. The van der Waals surface area contributed by atoms with Crippen LogP contribution in [0.1, 0.15) is 0 Å². The minimum Gasteiger partial charge on any atom is -0.0622 e. The molecule has 0 saturated heterocycles. The van der Waals surface area contributed by atoms with Crippen molar-refractivity contribution in [1.82, 2.24) is 0 Å². The molecule has 0 unspecified atom stereocenters. The van der Waals surface area contributed by atoms with Crippen LogP contribution in [-0.2, 0) is 0 Å². The van der Waals surface area contributed by atoms with Gasteiger partial charge in [0.15, 0.2) is 0 Å². The van der Waals surface area contributed by atoms with Crippen molar-refractivity contribution in [2.45, 2.75) is 0 Å². The van der Waals surface area contributed by atoms with E-state index in [0.29, 0.717) is 0 Å². The van der Waals surface area contributed by atoms with Crippen molar-refractivity contribution in [1.29, 1.82) is 0 Å². The van der Waals surface area contributed by atoms with Crippen LogP contribution in [0.2, 0.25) is 0 Å². The lowest BCUT2D eigenvalue weighted by molar-refractivity contribution is 1.67. The lowest BCUT2D eigenvalue weighted by Crippen LogP contribution is -1.93. The summed E-state index contributed by atoms with van der Waals surface area (Å²) in [6.45, 7) is 0. The molecule has 166 valence electrons. The summed E-state index contributed by atoms with van der Waals surface area (Å²) in [6, 6.07) is 49.0. The normalized spacial score (nSPS) is 11.9. The van der Waals surface area contributed by atoms with E-state index in [0.717, 1.165) is 0 Å². The topological polar surface area (TPSA) is 0 Å². The third-order valence-corrected chi connectivity index (χ3v) is 7.77. The number of hydrogen-bond acceptors (Lipinski definition) is 0. The average molecular weight is 455 g/mol. The number of rotatable bonds is 2. The van der Waals surface area contributed by atoms with Crippen molar-refractivity contribution in [2.75, 3.05) is 0 Å². The Morgan fingerprint density at radius 3 is 1.47 bits per heavy atom. The summed E-state index contributed by atoms with van der Waals surface area (Å²) >= 11 is 0. The Morgan fingerprint density at radius 1 is 0.306 bits per heavy atom. The van der Waals surface area contributed by atoms with Gasteiger partial charge in [0.25, 0.3) is 0 Å². The molecule has 8 rings (SSSR count). The molecule has 0 N–H and O–H groups in total. The quantitative estimate of drug-likeness (QED) is 0.180. The van der Waals surface area contributed by atoms with Crippen molar-refractivity contribution in [3.63, 3.8) is 0 Å². The van der Waals surface area contributed by atoms with Gasteiger partial charge in [-0.25, -0.2) is 0 Å². The highest BCUT2D eigenvalue weighted by Crippen LogP contribution is 2.47. The summed E-state index contributed by atoms with van der Waals surface area (Å²) < 4.78 is 0. The van der Waals surface area contributed by atoms with Gasteiger partial charge in [0, 0.05) is 0 Å². The highest BCUT2D eigenvalue weighted by atomic mass is 14.2. The minimum atomic E-state index is 1.26. The molecule has 0 aliphatic carbocycles. The second kappa shape index (κ2) is 7.41. The van der Waals surface area contributed by atoms with Crippen LogP contribution < -0.4 is 0 Å². The average Bonchev–Trinajstić information content (AvgIpc) is 2.95. The van der Waals surface area contributed by atoms with Crippen LogP contribution in [0.25, 0.3) is 76.1 Å². The molecule has 8 aromatic carbocycles. The van der Waals surface area contributed by atoms with E-state index in [-0.39, 0.29) is 0 Å². The van der Waals surface area contributed by atoms with Crippen molar-refractivity contribution in [3.8, 4) is 22.3 Å². The molecule has 0 saturated carbocycles. The zero-order valence-corrected chi connectivity index (χ0v) is 19.7. The second-order valence-corrected chi connectivity index (χ2v) is 9.68. The molecule has 0 nitrogen and oxygen atoms in total. The van der Waals surface area contributed by atoms with Gasteiger partial charge in [-0.2, -0.15) is 0 Å². The largest absolute Gasteiger partial charge is 0.0622 e. The Kier molecular flexibility index (Phi) is 4.03. The van der Waals surface area contributed by atoms with Crippen molar-refractivity contribution < 1.29 is 0 Å². The molecule has 0 radical (unpaired) electrons. The Labute approximate surface area is 209 Å². The molecule has 0 amide bonds. The zero-order chi connectivity index (χ0) is 23.6. The summed E-state index contributed by atoms with van der Waals surface area (Å²) in [5.74, 6) is 0. The first-order valence-electron chi connectivity index (χ1n) is 12.5. The molecule has 0 aliphatic rings. The molecule has 0 heteroatoms. The lowest BCUT2D eigenvalue weighted by Gasteiger charge is -2.20. The molecule has 0 aromatic heterocycles. The maximum atomic E-state index is 2.42. The first-order chi connectivity index (χ1) is 17.9. The van der Waals surface area contributed by atoms with Crippen molar-refractivity contribution in [3.05, 3.63) is 133 Å². The van der Waals surface area contributed by atoms with Crippen molar-refractivity contribution in [2.24, 2.45) is 0 Å². The first-order valence-corrected chi connectivity index (χ1v) is 12.5. The summed E-state index contributed by atoms with van der Waals surface area (Å²) in [7, 11) is 0. The third-order valence-electron chi connectivity index (χ3n) is 7.77. The van der Waals surface area contributed by atoms with Gasteiger partial charge in [0.2, 0.25) is 0 Å². The van der Waals surface area contributed by atoms with E-state index in [2.05, 4.69) is 133 Å². The molecule has 0 atom stereocenters. The van der Waals surface area contributed by atoms with Gasteiger partial charge in [-0.15, -0.1) is 0 Å². The van der Waals surface area contributed by atoms with E-state index in [9.17, 15) is 0 Å². The van der Waals surface area contributed by atoms with Crippen LogP contribution in [0, 0.1) is 0 Å². The van der Waals surface area contributed by atoms with Gasteiger partial charge < -0.3 is 0 Å². The predicted molar refractivity (Wildman–Crippen MR) is 156 cm³/mol. The third kappa shape index (κ3) is 2.64. The smallest absolute Gasteiger partial charge is 0.00199 e. The molecule has 0 spiro atoms. The number of hydrogen-bond donors (Lipinski definition) is 0. The highest BCUT2D eigenvalue weighted by molar-refractivity contribution is 6.30. The maximum absolute atomic E-state index is 2.42. The van der Waals surface area contributed by atoms with Crippen molar-refractivity contribution >= 4 is 53.9 Å². The van der Waals surface area contributed by atoms with Crippen LogP contribution in [0.5, 0.6) is 0 Å². The SMILES string of the molecule is c1ccc(-c2c3ccccc3c(-c3cc4cccc5ccc6cccc3c6c54)c3ccccc23)cc1. The standard InChI is InChI=1S/C36H22/c1-2-10-23(11-3-1)34-27-15-4-6-17-29(27)36(30-18-7-5-16-28(30)34)32-22-26-14-8-12-24-20-21-25-13-9-19-31(32)35(25)33(24)26/h1-22H. The van der Waals surface area contributed by atoms with E-state index in [1.807, 2.05) is 0 Å². The summed E-state index contributed by atoms with van der Waals surface area (Å²) in [5.41, 5.74) is 5.19. The van der Waals surface area contributed by atoms with Gasteiger partial charge in [-0.3, -0.25) is 0 Å². The maximum Gasteiger partial charge on any atom is -0.00199 e. The van der Waals surface area contributed by atoms with Crippen LogP contribution in [0.4, 0.5) is 0 Å². The molecular weight excluding hydrogens is 432 g/mol. The first kappa shape index (κ1) is 19.6. The monoisotopic (exact) mass is 454 g/mol. The van der Waals surface area contributed by atoms with Crippen LogP contribution in [0.3, 0.4) is 0 Å². The Morgan fingerprint density at radius 2 is 0.806 bits per heavy atom. The molecular formula is C36H22. The fraction of sp³-hybridized carbons (Fsp3) is 0. The summed E-state index contributed by atoms with van der Waals surface area (Å²) in [6.07, 6.45) is 0. The van der Waals surface area contributed by atoms with Gasteiger partial charge in [0.1, 0.15) is 0 Å². The number of benzene rings is 8. The Hall–Kier alpha value is -4.68. The number of fused-ring (bicyclic) bond motifs is 2. The molecule has 0 bridgehead atoms. The van der Waals surface area contributed by atoms with E-state index in [4.69, 9.17) is 0 Å². The van der Waals surface area contributed by atoms with E-state index >= 15 is 0 Å². The van der Waals surface area contributed by atoms with Gasteiger partial charge in [0.05, 0.1) is 0 Å². The summed E-state index contributed by atoms with van der Waals surface area (Å²) in [4.78, 5) is 0. The van der Waals surface area contributed by atoms with E-state index < -0.39 is 0 Å². The fourth-order valence-corrected chi connectivity index (χ4v) is 6.30. The molecule has 0 fully saturated rings.